The second kappa shape index (κ2) is 3.81. The van der Waals surface area contributed by atoms with Gasteiger partial charge in [-0.3, -0.25) is 0 Å². The minimum atomic E-state index is -0.225. The van der Waals surface area contributed by atoms with Crippen molar-refractivity contribution in [2.75, 3.05) is 5.75 Å². The topological polar surface area (TPSA) is 20.2 Å². The van der Waals surface area contributed by atoms with Crippen molar-refractivity contribution in [2.24, 2.45) is 0 Å². The quantitative estimate of drug-likeness (QED) is 0.792. The monoisotopic (exact) mass is 200 g/mol. The molecule has 3 heteroatoms. The Morgan fingerprint density at radius 3 is 3.08 bits per heavy atom. The van der Waals surface area contributed by atoms with E-state index >= 15 is 0 Å². The first kappa shape index (κ1) is 8.60. The summed E-state index contributed by atoms with van der Waals surface area (Å²) in [4.78, 5) is 1.12. The summed E-state index contributed by atoms with van der Waals surface area (Å²) in [5.41, 5.74) is 0. The van der Waals surface area contributed by atoms with E-state index in [9.17, 15) is 5.11 Å². The van der Waals surface area contributed by atoms with Crippen LogP contribution in [0.15, 0.2) is 17.5 Å². The van der Waals surface area contributed by atoms with Gasteiger partial charge in [-0.25, -0.2) is 0 Å². The third-order valence-corrected chi connectivity index (χ3v) is 4.54. The van der Waals surface area contributed by atoms with E-state index in [2.05, 4.69) is 0 Å². The molecule has 0 bridgehead atoms. The summed E-state index contributed by atoms with van der Waals surface area (Å²) in [5, 5.41) is 12.4. The predicted molar refractivity (Wildman–Crippen MR) is 54.8 cm³/mol. The third kappa shape index (κ3) is 1.68. The van der Waals surface area contributed by atoms with Gasteiger partial charge in [0, 0.05) is 10.1 Å². The molecule has 2 heterocycles. The molecule has 0 amide bonds. The number of hydrogen-bond donors (Lipinski definition) is 1. The van der Waals surface area contributed by atoms with Gasteiger partial charge in [0.25, 0.3) is 0 Å². The third-order valence-electron chi connectivity index (χ3n) is 2.15. The molecule has 1 aromatic heterocycles. The first-order valence-corrected chi connectivity index (χ1v) is 6.14. The standard InChI is InChI=1S/C9H12OS2/c10-9(7-3-1-5-11-7)8-4-2-6-12-8/h1,3,5,8-10H,2,4,6H2. The van der Waals surface area contributed by atoms with Gasteiger partial charge in [0.1, 0.15) is 0 Å². The SMILES string of the molecule is OC(c1cccs1)C1CCCS1. The van der Waals surface area contributed by atoms with Crippen molar-refractivity contribution in [2.45, 2.75) is 24.2 Å². The van der Waals surface area contributed by atoms with Gasteiger partial charge in [0.15, 0.2) is 0 Å². The maximum absolute atomic E-state index is 9.90. The van der Waals surface area contributed by atoms with Crippen LogP contribution < -0.4 is 0 Å². The zero-order valence-corrected chi connectivity index (χ0v) is 8.40. The van der Waals surface area contributed by atoms with Crippen LogP contribution in [0.5, 0.6) is 0 Å². The number of thiophene rings is 1. The zero-order valence-electron chi connectivity index (χ0n) is 6.77. The number of thioether (sulfide) groups is 1. The summed E-state index contributed by atoms with van der Waals surface area (Å²) in [7, 11) is 0. The van der Waals surface area contributed by atoms with Crippen LogP contribution in [0.2, 0.25) is 0 Å². The van der Waals surface area contributed by atoms with Crippen molar-refractivity contribution in [1.82, 2.24) is 0 Å². The lowest BCUT2D eigenvalue weighted by atomic mass is 10.1. The Bertz CT molecular complexity index is 227. The Balaban J connectivity index is 2.04. The summed E-state index contributed by atoms with van der Waals surface area (Å²) >= 11 is 3.56. The number of aliphatic hydroxyl groups is 1. The molecule has 1 saturated heterocycles. The summed E-state index contributed by atoms with van der Waals surface area (Å²) < 4.78 is 0. The second-order valence-corrected chi connectivity index (χ2v) is 5.34. The van der Waals surface area contributed by atoms with Crippen molar-refractivity contribution < 1.29 is 5.11 Å². The van der Waals surface area contributed by atoms with Gasteiger partial charge in [0.05, 0.1) is 6.10 Å². The van der Waals surface area contributed by atoms with Gasteiger partial charge < -0.3 is 5.11 Å². The first-order valence-electron chi connectivity index (χ1n) is 4.21. The van der Waals surface area contributed by atoms with E-state index in [-0.39, 0.29) is 6.10 Å². The highest BCUT2D eigenvalue weighted by Crippen LogP contribution is 2.37. The fourth-order valence-corrected chi connectivity index (χ4v) is 3.65. The maximum Gasteiger partial charge on any atom is 0.1000 e. The molecule has 2 rings (SSSR count). The van der Waals surface area contributed by atoms with Crippen LogP contribution in [-0.4, -0.2) is 16.1 Å². The predicted octanol–water partition coefficient (Wildman–Crippen LogP) is 2.68. The molecule has 66 valence electrons. The Hall–Kier alpha value is 0.01000. The van der Waals surface area contributed by atoms with Crippen LogP contribution in [0.3, 0.4) is 0 Å². The molecule has 1 N–H and O–H groups in total. The summed E-state index contributed by atoms with van der Waals surface area (Å²) in [6.07, 6.45) is 2.21. The molecular weight excluding hydrogens is 188 g/mol. The molecule has 0 aromatic carbocycles. The van der Waals surface area contributed by atoms with E-state index in [4.69, 9.17) is 0 Å². The van der Waals surface area contributed by atoms with E-state index in [0.29, 0.717) is 5.25 Å². The van der Waals surface area contributed by atoms with Crippen molar-refractivity contribution >= 4 is 23.1 Å². The molecular formula is C9H12OS2. The minimum absolute atomic E-state index is 0.225. The van der Waals surface area contributed by atoms with Gasteiger partial charge in [-0.1, -0.05) is 6.07 Å². The van der Waals surface area contributed by atoms with Crippen molar-refractivity contribution in [3.8, 4) is 0 Å². The Labute approximate surface area is 80.8 Å². The number of aliphatic hydroxyl groups excluding tert-OH is 1. The van der Waals surface area contributed by atoms with Crippen LogP contribution in [0.25, 0.3) is 0 Å². The number of hydrogen-bond acceptors (Lipinski definition) is 3. The van der Waals surface area contributed by atoms with Gasteiger partial charge in [-0.2, -0.15) is 11.8 Å². The molecule has 1 nitrogen and oxygen atoms in total. The normalized spacial score (nSPS) is 25.9. The van der Waals surface area contributed by atoms with E-state index in [0.717, 1.165) is 4.88 Å². The lowest BCUT2D eigenvalue weighted by Gasteiger charge is -2.14. The molecule has 2 unspecified atom stereocenters. The Morgan fingerprint density at radius 2 is 2.50 bits per heavy atom. The van der Waals surface area contributed by atoms with Crippen molar-refractivity contribution in [3.63, 3.8) is 0 Å². The zero-order chi connectivity index (χ0) is 8.39. The van der Waals surface area contributed by atoms with E-state index in [1.165, 1.54) is 18.6 Å². The van der Waals surface area contributed by atoms with Crippen LogP contribution >= 0.6 is 23.1 Å². The fourth-order valence-electron chi connectivity index (χ4n) is 1.49. The molecule has 1 aromatic rings. The Kier molecular flexibility index (Phi) is 2.73. The second-order valence-electron chi connectivity index (χ2n) is 3.01. The summed E-state index contributed by atoms with van der Waals surface area (Å²) in [6.45, 7) is 0. The minimum Gasteiger partial charge on any atom is -0.386 e. The molecule has 0 radical (unpaired) electrons. The van der Waals surface area contributed by atoms with Crippen molar-refractivity contribution in [1.29, 1.82) is 0 Å². The highest BCUT2D eigenvalue weighted by atomic mass is 32.2. The van der Waals surface area contributed by atoms with Crippen molar-refractivity contribution in [3.05, 3.63) is 22.4 Å². The average molecular weight is 200 g/mol. The van der Waals surface area contributed by atoms with E-state index in [1.807, 2.05) is 29.3 Å². The fraction of sp³-hybridized carbons (Fsp3) is 0.556. The van der Waals surface area contributed by atoms with Gasteiger partial charge in [-0.15, -0.1) is 11.3 Å². The van der Waals surface area contributed by atoms with Crippen LogP contribution in [0.4, 0.5) is 0 Å². The molecule has 1 aliphatic rings. The average Bonchev–Trinajstić information content (AvgIpc) is 2.77. The molecule has 0 spiro atoms. The lowest BCUT2D eigenvalue weighted by molar-refractivity contribution is 0.177. The molecule has 2 atom stereocenters. The molecule has 0 aliphatic carbocycles. The largest absolute Gasteiger partial charge is 0.386 e. The first-order chi connectivity index (χ1) is 5.88. The maximum atomic E-state index is 9.90. The summed E-state index contributed by atoms with van der Waals surface area (Å²) in [5.74, 6) is 1.22. The smallest absolute Gasteiger partial charge is 0.1000 e. The molecule has 1 fully saturated rings. The highest BCUT2D eigenvalue weighted by molar-refractivity contribution is 8.00. The van der Waals surface area contributed by atoms with Gasteiger partial charge >= 0.3 is 0 Å². The van der Waals surface area contributed by atoms with Crippen LogP contribution in [0.1, 0.15) is 23.8 Å². The molecule has 12 heavy (non-hydrogen) atoms. The lowest BCUT2D eigenvalue weighted by Crippen LogP contribution is -2.09. The van der Waals surface area contributed by atoms with Crippen LogP contribution in [0, 0.1) is 0 Å². The van der Waals surface area contributed by atoms with E-state index < -0.39 is 0 Å². The molecule has 0 saturated carbocycles. The number of rotatable bonds is 2. The van der Waals surface area contributed by atoms with Gasteiger partial charge in [0.2, 0.25) is 0 Å². The van der Waals surface area contributed by atoms with Crippen LogP contribution in [-0.2, 0) is 0 Å². The highest BCUT2D eigenvalue weighted by Gasteiger charge is 2.25. The van der Waals surface area contributed by atoms with E-state index in [1.54, 1.807) is 11.3 Å². The summed E-state index contributed by atoms with van der Waals surface area (Å²) in [6, 6.07) is 4.02. The molecule has 1 aliphatic heterocycles. The Morgan fingerprint density at radius 1 is 1.58 bits per heavy atom. The van der Waals surface area contributed by atoms with Gasteiger partial charge in [-0.05, 0) is 30.0 Å².